The molecule has 0 spiro atoms. The third-order valence-electron chi connectivity index (χ3n) is 7.99. The van der Waals surface area contributed by atoms with Crippen LogP contribution in [0.1, 0.15) is 71.5 Å². The van der Waals surface area contributed by atoms with Gasteiger partial charge in [0.25, 0.3) is 0 Å². The lowest BCUT2D eigenvalue weighted by Crippen LogP contribution is -2.53. The Bertz CT molecular complexity index is 1260. The van der Waals surface area contributed by atoms with Crippen LogP contribution in [0.2, 0.25) is 0 Å². The number of halogens is 2. The number of hydrogen-bond donors (Lipinski definition) is 1. The molecule has 0 unspecified atom stereocenters. The highest BCUT2D eigenvalue weighted by atomic mass is 32.2. The average Bonchev–Trinajstić information content (AvgIpc) is 3.51. The number of aromatic nitrogens is 2. The molecule has 2 aliphatic carbocycles. The molecule has 1 aromatic heterocycles. The number of benzene rings is 1. The molecule has 7 nitrogen and oxygen atoms in total. The highest BCUT2D eigenvalue weighted by Crippen LogP contribution is 2.38. The molecule has 1 aromatic carbocycles. The van der Waals surface area contributed by atoms with Crippen LogP contribution in [0.15, 0.2) is 23.1 Å². The Morgan fingerprint density at radius 3 is 2.38 bits per heavy atom. The maximum Gasteiger partial charge on any atom is 0.248 e. The lowest BCUT2D eigenvalue weighted by Gasteiger charge is -2.38. The highest BCUT2D eigenvalue weighted by molar-refractivity contribution is 7.89. The van der Waals surface area contributed by atoms with Gasteiger partial charge in [0.05, 0.1) is 15.9 Å². The van der Waals surface area contributed by atoms with E-state index < -0.39 is 15.9 Å². The molecule has 37 heavy (non-hydrogen) atoms. The van der Waals surface area contributed by atoms with Gasteiger partial charge >= 0.3 is 0 Å². The topological polar surface area (TPSA) is 84.3 Å². The molecule has 10 heteroatoms. The van der Waals surface area contributed by atoms with Gasteiger partial charge in [0, 0.05) is 56.8 Å². The van der Waals surface area contributed by atoms with Gasteiger partial charge in [-0.3, -0.25) is 4.79 Å². The van der Waals surface area contributed by atoms with Gasteiger partial charge in [-0.05, 0) is 55.7 Å². The van der Waals surface area contributed by atoms with Crippen LogP contribution in [0, 0.1) is 17.8 Å². The molecule has 3 aliphatic rings. The Kier molecular flexibility index (Phi) is 6.88. The Morgan fingerprint density at radius 2 is 1.76 bits per heavy atom. The maximum atomic E-state index is 13.7. The molecule has 5 rings (SSSR count). The summed E-state index contributed by atoms with van der Waals surface area (Å²) in [5.41, 5.74) is 1.16. The molecule has 2 saturated carbocycles. The zero-order valence-electron chi connectivity index (χ0n) is 22.0. The molecule has 1 amide bonds. The molecule has 2 heterocycles. The van der Waals surface area contributed by atoms with E-state index >= 15 is 0 Å². The Labute approximate surface area is 218 Å². The second-order valence-corrected chi connectivity index (χ2v) is 14.3. The van der Waals surface area contributed by atoms with Crippen molar-refractivity contribution in [2.75, 3.05) is 19.6 Å². The third-order valence-corrected chi connectivity index (χ3v) is 9.82. The van der Waals surface area contributed by atoms with E-state index in [-0.39, 0.29) is 40.9 Å². The summed E-state index contributed by atoms with van der Waals surface area (Å²) in [5.74, 6) is -0.882. The minimum Gasteiger partial charge on any atom is -0.356 e. The zero-order chi connectivity index (χ0) is 26.6. The summed E-state index contributed by atoms with van der Waals surface area (Å²) in [4.78, 5) is 17.0. The van der Waals surface area contributed by atoms with E-state index in [0.717, 1.165) is 24.2 Å². The first-order valence-electron chi connectivity index (χ1n) is 13.5. The lowest BCUT2D eigenvalue weighted by atomic mass is 9.86. The number of amides is 1. The number of hydrogen-bond acceptors (Lipinski definition) is 4. The normalized spacial score (nSPS) is 21.8. The van der Waals surface area contributed by atoms with Crippen LogP contribution in [0.5, 0.6) is 0 Å². The maximum absolute atomic E-state index is 13.7. The minimum absolute atomic E-state index is 0.0569. The first-order valence-corrected chi connectivity index (χ1v) is 14.9. The van der Waals surface area contributed by atoms with E-state index in [1.165, 1.54) is 4.31 Å². The van der Waals surface area contributed by atoms with Crippen LogP contribution in [0.4, 0.5) is 8.78 Å². The number of carbonyl (C=O) groups is 1. The van der Waals surface area contributed by atoms with Gasteiger partial charge in [-0.25, -0.2) is 22.2 Å². The third kappa shape index (κ3) is 5.85. The van der Waals surface area contributed by atoms with Crippen LogP contribution in [0.25, 0.3) is 11.0 Å². The van der Waals surface area contributed by atoms with E-state index in [1.54, 1.807) is 18.2 Å². The van der Waals surface area contributed by atoms with Crippen molar-refractivity contribution < 1.29 is 22.0 Å². The fourth-order valence-electron chi connectivity index (χ4n) is 5.48. The molecule has 0 atom stereocenters. The van der Waals surface area contributed by atoms with Crippen molar-refractivity contribution in [1.82, 2.24) is 19.2 Å². The number of fused-ring (bicyclic) bond motifs is 1. The Morgan fingerprint density at radius 1 is 1.08 bits per heavy atom. The first-order chi connectivity index (χ1) is 17.3. The van der Waals surface area contributed by atoms with Crippen LogP contribution in [-0.4, -0.2) is 53.7 Å². The average molecular weight is 537 g/mol. The summed E-state index contributed by atoms with van der Waals surface area (Å²) in [5, 5.41) is 2.94. The second kappa shape index (κ2) is 9.59. The largest absolute Gasteiger partial charge is 0.356 e. The quantitative estimate of drug-likeness (QED) is 0.530. The predicted molar refractivity (Wildman–Crippen MR) is 138 cm³/mol. The monoisotopic (exact) mass is 536 g/mol. The van der Waals surface area contributed by atoms with Gasteiger partial charge < -0.3 is 9.88 Å². The lowest BCUT2D eigenvalue weighted by molar-refractivity contribution is -0.121. The van der Waals surface area contributed by atoms with Gasteiger partial charge in [0.2, 0.25) is 21.9 Å². The summed E-state index contributed by atoms with van der Waals surface area (Å²) in [6.45, 7) is 8.05. The minimum atomic E-state index is -3.67. The molecule has 1 saturated heterocycles. The van der Waals surface area contributed by atoms with Gasteiger partial charge in [0.1, 0.15) is 5.82 Å². The number of sulfonamides is 1. The van der Waals surface area contributed by atoms with Crippen molar-refractivity contribution in [2.24, 2.45) is 17.8 Å². The highest BCUT2D eigenvalue weighted by Gasteiger charge is 2.38. The number of rotatable bonds is 8. The van der Waals surface area contributed by atoms with Gasteiger partial charge in [-0.15, -0.1) is 0 Å². The summed E-state index contributed by atoms with van der Waals surface area (Å²) in [6, 6.07) is 5.06. The summed E-state index contributed by atoms with van der Waals surface area (Å²) in [7, 11) is -3.67. The van der Waals surface area contributed by atoms with E-state index in [0.29, 0.717) is 56.9 Å². The predicted octanol–water partition coefficient (Wildman–Crippen LogP) is 4.70. The molecule has 0 bridgehead atoms. The smallest absolute Gasteiger partial charge is 0.248 e. The van der Waals surface area contributed by atoms with Crippen LogP contribution >= 0.6 is 0 Å². The van der Waals surface area contributed by atoms with E-state index in [4.69, 9.17) is 4.98 Å². The van der Waals surface area contributed by atoms with Crippen molar-refractivity contribution in [1.29, 1.82) is 0 Å². The number of nitrogens with one attached hydrogen (secondary N) is 1. The molecule has 204 valence electrons. The number of carbonyl (C=O) groups excluding carboxylic acids is 1. The zero-order valence-corrected chi connectivity index (χ0v) is 22.8. The fraction of sp³-hybridized carbons (Fsp3) is 0.704. The molecule has 2 aromatic rings. The van der Waals surface area contributed by atoms with Crippen molar-refractivity contribution in [3.63, 3.8) is 0 Å². The molecule has 1 N–H and O–H groups in total. The van der Waals surface area contributed by atoms with Crippen LogP contribution < -0.4 is 5.32 Å². The number of nitrogens with zero attached hydrogens (tertiary/aromatic N) is 3. The molecular weight excluding hydrogens is 498 g/mol. The summed E-state index contributed by atoms with van der Waals surface area (Å²) in [6.07, 6.45) is 3.60. The Balaban J connectivity index is 1.29. The second-order valence-electron chi connectivity index (χ2n) is 12.4. The summed E-state index contributed by atoms with van der Waals surface area (Å²) >= 11 is 0. The van der Waals surface area contributed by atoms with E-state index in [1.807, 2.05) is 0 Å². The SMILES string of the molecule is CC(C)(C)c1nc2cc(S(=O)(=O)N3CC(CNC(=O)CC4CC4)C3)ccc2n1CC1CCC(F)(F)CC1. The number of imidazole rings is 1. The molecule has 3 fully saturated rings. The molecule has 1 aliphatic heterocycles. The molecule has 0 radical (unpaired) electrons. The first kappa shape index (κ1) is 26.5. The Hall–Kier alpha value is -2.07. The fourth-order valence-corrected chi connectivity index (χ4v) is 7.09. The van der Waals surface area contributed by atoms with E-state index in [2.05, 4.69) is 30.7 Å². The van der Waals surface area contributed by atoms with Gasteiger partial charge in [-0.1, -0.05) is 20.8 Å². The van der Waals surface area contributed by atoms with Crippen LogP contribution in [-0.2, 0) is 26.8 Å². The van der Waals surface area contributed by atoms with Crippen molar-refractivity contribution in [3.05, 3.63) is 24.0 Å². The number of alkyl halides is 2. The van der Waals surface area contributed by atoms with Crippen LogP contribution in [0.3, 0.4) is 0 Å². The van der Waals surface area contributed by atoms with Gasteiger partial charge in [0.15, 0.2) is 0 Å². The van der Waals surface area contributed by atoms with Gasteiger partial charge in [-0.2, -0.15) is 4.31 Å². The standard InChI is InChI=1S/C27H38F2N4O3S/c1-26(2,3)25-31-22-13-21(6-7-23(22)33(25)17-19-8-10-27(28,29)11-9-19)37(35,36)32-15-20(16-32)14-30-24(34)12-18-4-5-18/h6-7,13,18-20H,4-5,8-12,14-17H2,1-3H3,(H,30,34). The van der Waals surface area contributed by atoms with Crippen molar-refractivity contribution >= 4 is 27.0 Å². The molecular formula is C27H38F2N4O3S. The van der Waals surface area contributed by atoms with Crippen molar-refractivity contribution in [2.45, 2.75) is 88.5 Å². The van der Waals surface area contributed by atoms with Crippen molar-refractivity contribution in [3.8, 4) is 0 Å². The van der Waals surface area contributed by atoms with E-state index in [9.17, 15) is 22.0 Å². The summed E-state index contributed by atoms with van der Waals surface area (Å²) < 4.78 is 57.5.